The second-order valence-corrected chi connectivity index (χ2v) is 23.2. The quantitative estimate of drug-likeness (QED) is 0.0786. The van der Waals surface area contributed by atoms with Crippen molar-refractivity contribution in [3.63, 3.8) is 0 Å². The molecule has 2 unspecified atom stereocenters. The van der Waals surface area contributed by atoms with E-state index in [9.17, 15) is 54.3 Å². The average Bonchev–Trinajstić information content (AvgIpc) is 3.51. The number of hydrazine groups is 1. The summed E-state index contributed by atoms with van der Waals surface area (Å²) < 4.78 is 12.9. The summed E-state index contributed by atoms with van der Waals surface area (Å²) in [6.07, 6.45) is 10.6. The van der Waals surface area contributed by atoms with Gasteiger partial charge in [-0.15, -0.1) is 0 Å². The number of Topliss-reactive ketones (excluding diaryl/α,β-unsaturated/α-hetero) is 1. The van der Waals surface area contributed by atoms with E-state index in [4.69, 9.17) is 9.47 Å². The molecule has 2 bridgehead atoms. The molecule has 1 spiro atoms. The van der Waals surface area contributed by atoms with Crippen LogP contribution in [0.15, 0.2) is 72.4 Å². The Morgan fingerprint density at radius 2 is 1.68 bits per heavy atom. The number of nitrogens with zero attached hydrogens (tertiary/aromatic N) is 1. The maximum atomic E-state index is 14.5. The molecule has 18 heteroatoms. The standard InChI is InChI=1S/C60H91N5O13/c1-11-43-30-37(6)60(63-55(43)72)41(10)53(70)40(9)51(78-60)33-49(69)35(4)20-14-12-15-21-36(5)50-26-17-13-16-25-48(68)39(8)54(71)45(28-27-38(7)66)56(73)62-52(34(2)3)57(74)61-47(32-42-22-18-23-44(67)31-42)58(75)65-29-19-24-46(64-65)59(76)77-50/h12-13,15-18,21-23,25,31,34-35,37,39-41,43,45-54,64,67-71H,11,14,19-20,24,26-30,32-33H2,1-10H3,(H,61,74)(H,62,73)(H,63,72)/b15-12+,17-13+,25-16+,36-21+/t35-,37+,39-,40-,41-,43+,45+,46?,47-,48+,49-,50-,51-,52-,53-,54+,60?/m0/s1. The molecule has 4 heterocycles. The van der Waals surface area contributed by atoms with Gasteiger partial charge >= 0.3 is 5.97 Å². The van der Waals surface area contributed by atoms with Crippen molar-refractivity contribution in [2.75, 3.05) is 6.54 Å². The van der Waals surface area contributed by atoms with Gasteiger partial charge in [0.25, 0.3) is 5.91 Å². The van der Waals surface area contributed by atoms with E-state index in [-0.39, 0.29) is 79.3 Å². The number of aromatic hydroxyl groups is 1. The van der Waals surface area contributed by atoms with E-state index in [0.29, 0.717) is 49.7 Å². The van der Waals surface area contributed by atoms with Crippen molar-refractivity contribution in [1.29, 1.82) is 0 Å². The average molecular weight is 1090 g/mol. The van der Waals surface area contributed by atoms with Gasteiger partial charge in [0, 0.05) is 61.8 Å². The van der Waals surface area contributed by atoms with E-state index in [2.05, 4.69) is 28.3 Å². The van der Waals surface area contributed by atoms with Crippen molar-refractivity contribution in [3.8, 4) is 5.75 Å². The van der Waals surface area contributed by atoms with Crippen LogP contribution in [0.3, 0.4) is 0 Å². The van der Waals surface area contributed by atoms with Gasteiger partial charge in [-0.25, -0.2) is 5.43 Å². The Hall–Kier alpha value is -5.24. The Morgan fingerprint density at radius 3 is 2.36 bits per heavy atom. The fourth-order valence-electron chi connectivity index (χ4n) is 11.3. The van der Waals surface area contributed by atoms with Crippen molar-refractivity contribution < 1.29 is 63.8 Å². The van der Waals surface area contributed by atoms with Crippen LogP contribution in [-0.2, 0) is 44.7 Å². The minimum absolute atomic E-state index is 0.0254. The fourth-order valence-corrected chi connectivity index (χ4v) is 11.3. The van der Waals surface area contributed by atoms with Crippen molar-refractivity contribution in [3.05, 3.63) is 77.9 Å². The summed E-state index contributed by atoms with van der Waals surface area (Å²) in [7, 11) is 0. The first-order chi connectivity index (χ1) is 36.9. The zero-order chi connectivity index (χ0) is 57.6. The predicted molar refractivity (Wildman–Crippen MR) is 295 cm³/mol. The number of hydrogen-bond acceptors (Lipinski definition) is 14. The smallest absolute Gasteiger partial charge is 0.325 e. The molecule has 1 aromatic carbocycles. The first-order valence-electron chi connectivity index (χ1n) is 28.4. The summed E-state index contributed by atoms with van der Waals surface area (Å²) in [6, 6.07) is 2.90. The van der Waals surface area contributed by atoms with Crippen molar-refractivity contribution in [2.45, 2.75) is 200 Å². The minimum Gasteiger partial charge on any atom is -0.508 e. The van der Waals surface area contributed by atoms with Crippen molar-refractivity contribution in [1.82, 2.24) is 26.4 Å². The third-order valence-electron chi connectivity index (χ3n) is 16.9. The van der Waals surface area contributed by atoms with E-state index in [1.54, 1.807) is 51.1 Å². The number of carbonyl (C=O) groups excluding carboxylic acids is 6. The van der Waals surface area contributed by atoms with Crippen LogP contribution in [0, 0.1) is 47.3 Å². The Labute approximate surface area is 461 Å². The summed E-state index contributed by atoms with van der Waals surface area (Å²) in [5, 5.41) is 66.1. The molecule has 78 heavy (non-hydrogen) atoms. The predicted octanol–water partition coefficient (Wildman–Crippen LogP) is 5.41. The summed E-state index contributed by atoms with van der Waals surface area (Å²) in [5.74, 6) is -6.33. The number of nitrogens with one attached hydrogen (secondary N) is 4. The summed E-state index contributed by atoms with van der Waals surface area (Å²) in [6.45, 7) is 18.3. The number of rotatable bonds is 15. The van der Waals surface area contributed by atoms with Gasteiger partial charge in [-0.1, -0.05) is 110 Å². The number of allylic oxidation sites excluding steroid dienone is 5. The molecule has 4 aliphatic rings. The monoisotopic (exact) mass is 1090 g/mol. The Balaban J connectivity index is 1.35. The molecule has 3 saturated heterocycles. The van der Waals surface area contributed by atoms with Crippen LogP contribution in [0.4, 0.5) is 0 Å². The van der Waals surface area contributed by atoms with Gasteiger partial charge in [0.15, 0.2) is 0 Å². The number of ether oxygens (including phenoxy) is 2. The van der Waals surface area contributed by atoms with Crippen LogP contribution in [0.1, 0.15) is 139 Å². The number of ketones is 1. The van der Waals surface area contributed by atoms with E-state index in [0.717, 1.165) is 6.42 Å². The first-order valence-corrected chi connectivity index (χ1v) is 28.4. The molecule has 0 saturated carbocycles. The topological polar surface area (TPSA) is 273 Å². The molecular weight excluding hydrogens is 999 g/mol. The third kappa shape index (κ3) is 16.7. The zero-order valence-electron chi connectivity index (χ0n) is 47.6. The lowest BCUT2D eigenvalue weighted by Gasteiger charge is -2.56. The number of aliphatic hydroxyl groups excluding tert-OH is 4. The van der Waals surface area contributed by atoms with Crippen LogP contribution in [0.2, 0.25) is 0 Å². The SMILES string of the molecule is CC[C@@H]1C[C@@H](C)C2(NC1=O)O[C@@H](C[C@H](O)[C@@H](C)CC/C=C/C=C(\C)[C@@H]1C/C=C/C=C/[C@@H](O)[C@H](C)[C@@H](O)[C@@H](CCC(C)=O)C(=O)N[C@@H](C(C)C)C(=O)N[C@@H](Cc3cccc(O)c3)C(=O)N3CCCC(N3)C(=O)O1)[C@H](C)[C@H](O)[C@@H]2C. The minimum atomic E-state index is -1.43. The maximum Gasteiger partial charge on any atom is 0.325 e. The molecule has 9 N–H and O–H groups in total. The van der Waals surface area contributed by atoms with Crippen LogP contribution in [0.25, 0.3) is 0 Å². The molecule has 0 radical (unpaired) electrons. The van der Waals surface area contributed by atoms with Crippen LogP contribution < -0.4 is 21.4 Å². The summed E-state index contributed by atoms with van der Waals surface area (Å²) >= 11 is 0. The van der Waals surface area contributed by atoms with Gasteiger partial charge in [-0.05, 0) is 93.9 Å². The highest BCUT2D eigenvalue weighted by Crippen LogP contribution is 2.46. The molecule has 0 aliphatic carbocycles. The number of piperidine rings is 1. The zero-order valence-corrected chi connectivity index (χ0v) is 47.6. The van der Waals surface area contributed by atoms with Gasteiger partial charge in [-0.3, -0.25) is 29.0 Å². The second kappa shape index (κ2) is 29.3. The largest absolute Gasteiger partial charge is 0.508 e. The van der Waals surface area contributed by atoms with Crippen LogP contribution in [-0.4, -0.2) is 133 Å². The molecule has 4 aliphatic heterocycles. The number of aliphatic hydroxyl groups is 4. The lowest BCUT2D eigenvalue weighted by Crippen LogP contribution is -2.71. The van der Waals surface area contributed by atoms with Crippen LogP contribution in [0.5, 0.6) is 5.75 Å². The van der Waals surface area contributed by atoms with Gasteiger partial charge in [0.05, 0.1) is 36.4 Å². The number of phenols is 1. The molecule has 3 fully saturated rings. The number of phenolic OH excluding ortho intramolecular Hbond substituents is 1. The third-order valence-corrected chi connectivity index (χ3v) is 16.9. The molecule has 18 nitrogen and oxygen atoms in total. The lowest BCUT2D eigenvalue weighted by atomic mass is 9.69. The summed E-state index contributed by atoms with van der Waals surface area (Å²) in [4.78, 5) is 82.2. The highest BCUT2D eigenvalue weighted by molar-refractivity contribution is 5.93. The first kappa shape index (κ1) is 63.6. The second-order valence-electron chi connectivity index (χ2n) is 23.2. The highest BCUT2D eigenvalue weighted by atomic mass is 16.5. The molecule has 4 amide bonds. The Bertz CT molecular complexity index is 2340. The highest BCUT2D eigenvalue weighted by Gasteiger charge is 2.57. The van der Waals surface area contributed by atoms with Crippen LogP contribution >= 0.6 is 0 Å². The van der Waals surface area contributed by atoms with Gasteiger partial charge < -0.3 is 55.8 Å². The Kier molecular flexibility index (Phi) is 23.9. The molecule has 434 valence electrons. The van der Waals surface area contributed by atoms with Gasteiger partial charge in [0.2, 0.25) is 17.7 Å². The number of cyclic esters (lactones) is 1. The van der Waals surface area contributed by atoms with E-state index < -0.39 is 102 Å². The normalized spacial score (nSPS) is 34.9. The molecule has 0 aromatic heterocycles. The number of carbonyl (C=O) groups is 6. The number of fused-ring (bicyclic) bond motifs is 2. The number of hydrogen-bond donors (Lipinski definition) is 9. The Morgan fingerprint density at radius 1 is 0.949 bits per heavy atom. The molecular formula is C60H91N5O13. The number of amides is 4. The van der Waals surface area contributed by atoms with Gasteiger partial charge in [0.1, 0.15) is 41.5 Å². The lowest BCUT2D eigenvalue weighted by molar-refractivity contribution is -0.267. The summed E-state index contributed by atoms with van der Waals surface area (Å²) in [5.41, 5.74) is 3.27. The van der Waals surface area contributed by atoms with E-state index >= 15 is 0 Å². The number of benzene rings is 1. The van der Waals surface area contributed by atoms with E-state index in [1.165, 1.54) is 30.1 Å². The maximum absolute atomic E-state index is 14.5. The van der Waals surface area contributed by atoms with E-state index in [1.807, 2.05) is 52.8 Å². The molecule has 17 atom stereocenters. The fraction of sp³-hybridized carbons (Fsp3) is 0.667. The molecule has 1 aromatic rings. The number of esters is 1. The molecule has 5 rings (SSSR count). The van der Waals surface area contributed by atoms with Gasteiger partial charge in [-0.2, -0.15) is 0 Å². The van der Waals surface area contributed by atoms with Crippen molar-refractivity contribution in [2.24, 2.45) is 47.3 Å². The van der Waals surface area contributed by atoms with Crippen molar-refractivity contribution >= 4 is 35.4 Å².